The Hall–Kier alpha value is -2.85. The van der Waals surface area contributed by atoms with Crippen molar-refractivity contribution >= 4 is 34.6 Å². The summed E-state index contributed by atoms with van der Waals surface area (Å²) in [5, 5.41) is 3.51. The third-order valence-corrected chi connectivity index (χ3v) is 4.87. The normalized spacial score (nSPS) is 12.8. The zero-order valence-corrected chi connectivity index (χ0v) is 15.1. The lowest BCUT2D eigenvalue weighted by atomic mass is 10.1. The van der Waals surface area contributed by atoms with E-state index in [0.29, 0.717) is 16.3 Å². The van der Waals surface area contributed by atoms with Crippen molar-refractivity contribution in [2.75, 3.05) is 16.8 Å². The molecule has 0 radical (unpaired) electrons. The molecule has 0 spiro atoms. The zero-order valence-electron chi connectivity index (χ0n) is 14.4. The van der Waals surface area contributed by atoms with Crippen molar-refractivity contribution in [3.05, 3.63) is 82.6 Å². The molecular weight excluding hydrogens is 346 g/mol. The predicted octanol–water partition coefficient (Wildman–Crippen LogP) is 4.99. The van der Waals surface area contributed by atoms with Crippen LogP contribution in [0.4, 0.5) is 17.1 Å². The SMILES string of the molecule is Cc1ccc(Cl)cc1NC(=O)c1cncc(N2CCc3ccccc32)c1. The van der Waals surface area contributed by atoms with Crippen LogP contribution in [0.5, 0.6) is 0 Å². The van der Waals surface area contributed by atoms with Gasteiger partial charge in [0.15, 0.2) is 0 Å². The van der Waals surface area contributed by atoms with Crippen LogP contribution >= 0.6 is 11.6 Å². The fourth-order valence-corrected chi connectivity index (χ4v) is 3.40. The Morgan fingerprint density at radius 3 is 2.88 bits per heavy atom. The van der Waals surface area contributed by atoms with Crippen LogP contribution in [0.1, 0.15) is 21.5 Å². The number of amides is 1. The molecule has 4 nitrogen and oxygen atoms in total. The number of rotatable bonds is 3. The number of aryl methyl sites for hydroxylation is 1. The molecule has 1 amide bonds. The minimum Gasteiger partial charge on any atom is -0.340 e. The fraction of sp³-hybridized carbons (Fsp3) is 0.143. The number of anilines is 3. The lowest BCUT2D eigenvalue weighted by molar-refractivity contribution is 0.102. The molecule has 1 aromatic heterocycles. The Balaban J connectivity index is 1.60. The Bertz CT molecular complexity index is 986. The number of para-hydroxylation sites is 1. The summed E-state index contributed by atoms with van der Waals surface area (Å²) in [4.78, 5) is 19.2. The van der Waals surface area contributed by atoms with E-state index in [9.17, 15) is 4.79 Å². The van der Waals surface area contributed by atoms with Crippen molar-refractivity contribution in [2.45, 2.75) is 13.3 Å². The number of hydrogen-bond donors (Lipinski definition) is 1. The molecule has 5 heteroatoms. The van der Waals surface area contributed by atoms with Crippen LogP contribution in [0.2, 0.25) is 5.02 Å². The molecule has 0 atom stereocenters. The Labute approximate surface area is 157 Å². The van der Waals surface area contributed by atoms with E-state index in [1.807, 2.05) is 25.1 Å². The van der Waals surface area contributed by atoms with Crippen LogP contribution in [0.25, 0.3) is 0 Å². The van der Waals surface area contributed by atoms with Gasteiger partial charge >= 0.3 is 0 Å². The summed E-state index contributed by atoms with van der Waals surface area (Å²) < 4.78 is 0. The number of benzene rings is 2. The number of fused-ring (bicyclic) bond motifs is 1. The highest BCUT2D eigenvalue weighted by atomic mass is 35.5. The first-order valence-corrected chi connectivity index (χ1v) is 8.87. The summed E-state index contributed by atoms with van der Waals surface area (Å²) in [5.74, 6) is -0.197. The first-order chi connectivity index (χ1) is 12.6. The molecule has 0 saturated heterocycles. The first kappa shape index (κ1) is 16.6. The van der Waals surface area contributed by atoms with Gasteiger partial charge in [0.2, 0.25) is 0 Å². The molecule has 0 saturated carbocycles. The number of halogens is 1. The van der Waals surface area contributed by atoms with Crippen molar-refractivity contribution in [1.82, 2.24) is 4.98 Å². The maximum Gasteiger partial charge on any atom is 0.257 e. The second-order valence-electron chi connectivity index (χ2n) is 6.38. The van der Waals surface area contributed by atoms with Crippen LogP contribution < -0.4 is 10.2 Å². The minimum absolute atomic E-state index is 0.197. The average Bonchev–Trinajstić information content (AvgIpc) is 3.09. The average molecular weight is 364 g/mol. The number of carbonyl (C=O) groups is 1. The van der Waals surface area contributed by atoms with Gasteiger partial charge in [0.05, 0.1) is 17.4 Å². The molecule has 3 aromatic rings. The number of nitrogens with zero attached hydrogens (tertiary/aromatic N) is 2. The third-order valence-electron chi connectivity index (χ3n) is 4.63. The Morgan fingerprint density at radius 2 is 2.00 bits per heavy atom. The van der Waals surface area contributed by atoms with E-state index in [-0.39, 0.29) is 5.91 Å². The van der Waals surface area contributed by atoms with Gasteiger partial charge in [-0.2, -0.15) is 0 Å². The summed E-state index contributed by atoms with van der Waals surface area (Å²) in [6.45, 7) is 2.82. The van der Waals surface area contributed by atoms with E-state index in [2.05, 4.69) is 33.4 Å². The number of pyridine rings is 1. The van der Waals surface area contributed by atoms with Gasteiger partial charge in [-0.3, -0.25) is 9.78 Å². The van der Waals surface area contributed by atoms with E-state index >= 15 is 0 Å². The highest BCUT2D eigenvalue weighted by molar-refractivity contribution is 6.31. The van der Waals surface area contributed by atoms with Crippen LogP contribution in [0, 0.1) is 6.92 Å². The maximum absolute atomic E-state index is 12.7. The molecule has 0 bridgehead atoms. The summed E-state index contributed by atoms with van der Waals surface area (Å²) in [7, 11) is 0. The van der Waals surface area contributed by atoms with Crippen molar-refractivity contribution in [3.8, 4) is 0 Å². The molecule has 0 unspecified atom stereocenters. The molecule has 26 heavy (non-hydrogen) atoms. The summed E-state index contributed by atoms with van der Waals surface area (Å²) in [6, 6.07) is 15.6. The molecular formula is C21H18ClN3O. The topological polar surface area (TPSA) is 45.2 Å². The highest BCUT2D eigenvalue weighted by Crippen LogP contribution is 2.34. The van der Waals surface area contributed by atoms with Crippen LogP contribution in [-0.2, 0) is 6.42 Å². The van der Waals surface area contributed by atoms with Gasteiger partial charge in [0.1, 0.15) is 0 Å². The third kappa shape index (κ3) is 3.16. The summed E-state index contributed by atoms with van der Waals surface area (Å²) >= 11 is 6.04. The van der Waals surface area contributed by atoms with Gasteiger partial charge in [-0.1, -0.05) is 35.9 Å². The largest absolute Gasteiger partial charge is 0.340 e. The van der Waals surface area contributed by atoms with E-state index in [0.717, 1.165) is 24.2 Å². The van der Waals surface area contributed by atoms with Gasteiger partial charge in [-0.05, 0) is 48.7 Å². The number of nitrogens with one attached hydrogen (secondary N) is 1. The van der Waals surface area contributed by atoms with Crippen molar-refractivity contribution < 1.29 is 4.79 Å². The van der Waals surface area contributed by atoms with E-state index < -0.39 is 0 Å². The quantitative estimate of drug-likeness (QED) is 0.713. The molecule has 0 aliphatic carbocycles. The first-order valence-electron chi connectivity index (χ1n) is 8.50. The second-order valence-corrected chi connectivity index (χ2v) is 6.81. The predicted molar refractivity (Wildman–Crippen MR) is 106 cm³/mol. The van der Waals surface area contributed by atoms with Crippen LogP contribution in [-0.4, -0.2) is 17.4 Å². The number of carbonyl (C=O) groups excluding carboxylic acids is 1. The molecule has 1 N–H and O–H groups in total. The van der Waals surface area contributed by atoms with Gasteiger partial charge in [-0.15, -0.1) is 0 Å². The zero-order chi connectivity index (χ0) is 18.1. The molecule has 2 aromatic carbocycles. The molecule has 4 rings (SSSR count). The highest BCUT2D eigenvalue weighted by Gasteiger charge is 2.21. The molecule has 1 aliphatic rings. The fourth-order valence-electron chi connectivity index (χ4n) is 3.23. The van der Waals surface area contributed by atoms with Crippen molar-refractivity contribution in [3.63, 3.8) is 0 Å². The number of aromatic nitrogens is 1. The van der Waals surface area contributed by atoms with Gasteiger partial charge in [0.25, 0.3) is 5.91 Å². The van der Waals surface area contributed by atoms with Crippen LogP contribution in [0.15, 0.2) is 60.9 Å². The lowest BCUT2D eigenvalue weighted by Gasteiger charge is -2.19. The van der Waals surface area contributed by atoms with E-state index in [1.54, 1.807) is 24.5 Å². The van der Waals surface area contributed by atoms with Gasteiger partial charge < -0.3 is 10.2 Å². The standard InChI is InChI=1S/C21H18ClN3O/c1-14-6-7-17(22)11-19(14)24-21(26)16-10-18(13-23-12-16)25-9-8-15-4-2-3-5-20(15)25/h2-7,10-13H,8-9H2,1H3,(H,24,26). The molecule has 2 heterocycles. The van der Waals surface area contributed by atoms with Gasteiger partial charge in [-0.25, -0.2) is 0 Å². The summed E-state index contributed by atoms with van der Waals surface area (Å²) in [5.41, 5.74) is 5.60. The van der Waals surface area contributed by atoms with E-state index in [4.69, 9.17) is 11.6 Å². The smallest absolute Gasteiger partial charge is 0.257 e. The molecule has 130 valence electrons. The maximum atomic E-state index is 12.7. The summed E-state index contributed by atoms with van der Waals surface area (Å²) in [6.07, 6.45) is 4.37. The Kier molecular flexibility index (Phi) is 4.35. The van der Waals surface area contributed by atoms with Gasteiger partial charge in [0, 0.05) is 29.1 Å². The molecule has 0 fully saturated rings. The van der Waals surface area contributed by atoms with Crippen LogP contribution in [0.3, 0.4) is 0 Å². The second kappa shape index (κ2) is 6.81. The van der Waals surface area contributed by atoms with Crippen molar-refractivity contribution in [2.24, 2.45) is 0 Å². The Morgan fingerprint density at radius 1 is 1.15 bits per heavy atom. The van der Waals surface area contributed by atoms with E-state index in [1.165, 1.54) is 11.3 Å². The number of hydrogen-bond acceptors (Lipinski definition) is 3. The monoisotopic (exact) mass is 363 g/mol. The molecule has 1 aliphatic heterocycles. The van der Waals surface area contributed by atoms with Crippen molar-refractivity contribution in [1.29, 1.82) is 0 Å². The minimum atomic E-state index is -0.197. The lowest BCUT2D eigenvalue weighted by Crippen LogP contribution is -2.17.